The Balaban J connectivity index is 2.31. The van der Waals surface area contributed by atoms with Crippen molar-refractivity contribution in [3.63, 3.8) is 0 Å². The highest BCUT2D eigenvalue weighted by atomic mass is 32.1. The molecule has 1 aromatic heterocycles. The van der Waals surface area contributed by atoms with E-state index < -0.39 is 0 Å². The molecule has 2 unspecified atom stereocenters. The van der Waals surface area contributed by atoms with E-state index >= 15 is 0 Å². The summed E-state index contributed by atoms with van der Waals surface area (Å²) in [6, 6.07) is 6.39. The number of hydrogen-bond acceptors (Lipinski definition) is 7. The summed E-state index contributed by atoms with van der Waals surface area (Å²) in [6.45, 7) is 8.81. The topological polar surface area (TPSA) is 71.6 Å². The standard InChI is InChI=1S/C23H30N5OPS/c1-6-20(25-14-22(30)16(3)12-24-7-2)19(13-26-27-15-29-5)10-18-8-9-21-23(11-18)31-17(4)28-21/h6,8-9,11-15,19H,7,10,30H2,1-5H3/b20-6-,22-16-,24-12?,25-14+,26-13+,27-15-. The minimum absolute atomic E-state index is 0.0378. The molecule has 0 saturated heterocycles. The first-order chi connectivity index (χ1) is 15.0. The van der Waals surface area contributed by atoms with Crippen LogP contribution in [0.4, 0.5) is 0 Å². The molecule has 2 aromatic rings. The van der Waals surface area contributed by atoms with Crippen LogP contribution < -0.4 is 0 Å². The van der Waals surface area contributed by atoms with Crippen LogP contribution >= 0.6 is 20.6 Å². The van der Waals surface area contributed by atoms with E-state index in [1.165, 1.54) is 16.7 Å². The zero-order valence-corrected chi connectivity index (χ0v) is 20.7. The summed E-state index contributed by atoms with van der Waals surface area (Å²) in [4.78, 5) is 13.6. The molecule has 0 saturated carbocycles. The molecule has 0 amide bonds. The number of aliphatic imine (C=N–C) groups is 2. The number of fused-ring (bicyclic) bond motifs is 1. The molecule has 0 aliphatic carbocycles. The maximum absolute atomic E-state index is 4.84. The van der Waals surface area contributed by atoms with E-state index in [2.05, 4.69) is 47.6 Å². The molecule has 2 rings (SSSR count). The van der Waals surface area contributed by atoms with Gasteiger partial charge in [-0.3, -0.25) is 9.98 Å². The van der Waals surface area contributed by atoms with Crippen molar-refractivity contribution in [2.75, 3.05) is 13.7 Å². The number of aryl methyl sites for hydroxylation is 1. The average molecular weight is 456 g/mol. The van der Waals surface area contributed by atoms with Gasteiger partial charge >= 0.3 is 0 Å². The fourth-order valence-corrected chi connectivity index (χ4v) is 3.86. The molecule has 0 N–H and O–H groups in total. The summed E-state index contributed by atoms with van der Waals surface area (Å²) in [5.41, 5.74) is 4.21. The van der Waals surface area contributed by atoms with Crippen LogP contribution in [0.1, 0.15) is 31.3 Å². The summed E-state index contributed by atoms with van der Waals surface area (Å²) in [6.07, 6.45) is 9.60. The second-order valence-electron chi connectivity index (χ2n) is 6.80. The molecule has 2 atom stereocenters. The number of benzene rings is 1. The fraction of sp³-hybridized carbons (Fsp3) is 0.348. The number of ether oxygens (including phenoxy) is 1. The predicted octanol–water partition coefficient (Wildman–Crippen LogP) is 5.64. The molecule has 6 nitrogen and oxygen atoms in total. The van der Waals surface area contributed by atoms with E-state index in [1.807, 2.05) is 52.4 Å². The molecule has 0 aliphatic rings. The van der Waals surface area contributed by atoms with Crippen LogP contribution in [-0.2, 0) is 11.2 Å². The summed E-state index contributed by atoms with van der Waals surface area (Å²) >= 11 is 1.71. The Labute approximate surface area is 190 Å². The van der Waals surface area contributed by atoms with Crippen molar-refractivity contribution < 1.29 is 4.74 Å². The maximum atomic E-state index is 4.84. The average Bonchev–Trinajstić information content (AvgIpc) is 3.14. The minimum atomic E-state index is -0.0378. The summed E-state index contributed by atoms with van der Waals surface area (Å²) in [7, 11) is 4.27. The molecular formula is C23H30N5OPS. The quantitative estimate of drug-likeness (QED) is 0.201. The Hall–Kier alpha value is -2.50. The molecule has 0 bridgehead atoms. The predicted molar refractivity (Wildman–Crippen MR) is 139 cm³/mol. The lowest BCUT2D eigenvalue weighted by Gasteiger charge is -2.13. The van der Waals surface area contributed by atoms with Gasteiger partial charge in [0.15, 0.2) is 6.40 Å². The highest BCUT2D eigenvalue weighted by Crippen LogP contribution is 2.25. The van der Waals surface area contributed by atoms with E-state index in [-0.39, 0.29) is 5.92 Å². The maximum Gasteiger partial charge on any atom is 0.194 e. The highest BCUT2D eigenvalue weighted by molar-refractivity contribution is 7.24. The van der Waals surface area contributed by atoms with Gasteiger partial charge in [0.05, 0.1) is 22.3 Å². The number of aromatic nitrogens is 1. The highest BCUT2D eigenvalue weighted by Gasteiger charge is 2.13. The van der Waals surface area contributed by atoms with Crippen molar-refractivity contribution in [3.05, 3.63) is 51.4 Å². The lowest BCUT2D eigenvalue weighted by molar-refractivity contribution is 0.421. The van der Waals surface area contributed by atoms with E-state index in [1.54, 1.807) is 18.4 Å². The number of hydrogen-bond donors (Lipinski definition) is 0. The monoisotopic (exact) mass is 455 g/mol. The van der Waals surface area contributed by atoms with E-state index in [0.29, 0.717) is 0 Å². The van der Waals surface area contributed by atoms with Crippen LogP contribution in [0.3, 0.4) is 0 Å². The summed E-state index contributed by atoms with van der Waals surface area (Å²) in [5.74, 6) is -0.0378. The Morgan fingerprint density at radius 1 is 1.29 bits per heavy atom. The van der Waals surface area contributed by atoms with Crippen LogP contribution in [0.5, 0.6) is 0 Å². The molecule has 0 spiro atoms. The normalized spacial score (nSPS) is 15.1. The first kappa shape index (κ1) is 24.8. The third kappa shape index (κ3) is 7.93. The number of methoxy groups -OCH3 is 1. The van der Waals surface area contributed by atoms with Gasteiger partial charge in [0.25, 0.3) is 0 Å². The molecular weight excluding hydrogens is 425 g/mol. The van der Waals surface area contributed by atoms with Crippen LogP contribution in [0.15, 0.2) is 61.0 Å². The number of allylic oxidation sites excluding steroid dienone is 4. The third-order valence-corrected chi connectivity index (χ3v) is 5.97. The van der Waals surface area contributed by atoms with Crippen molar-refractivity contribution in [1.82, 2.24) is 4.98 Å². The molecule has 0 fully saturated rings. The van der Waals surface area contributed by atoms with Crippen molar-refractivity contribution in [2.45, 2.75) is 34.1 Å². The molecule has 8 heteroatoms. The van der Waals surface area contributed by atoms with Gasteiger partial charge in [0, 0.05) is 36.8 Å². The van der Waals surface area contributed by atoms with Gasteiger partial charge < -0.3 is 4.74 Å². The van der Waals surface area contributed by atoms with Crippen molar-refractivity contribution >= 4 is 55.8 Å². The largest absolute Gasteiger partial charge is 0.485 e. The van der Waals surface area contributed by atoms with Gasteiger partial charge in [-0.15, -0.1) is 25.7 Å². The molecule has 0 aliphatic heterocycles. The minimum Gasteiger partial charge on any atom is -0.485 e. The Kier molecular flexibility index (Phi) is 10.4. The lowest BCUT2D eigenvalue weighted by Crippen LogP contribution is -2.09. The number of nitrogens with zero attached hydrogens (tertiary/aromatic N) is 5. The smallest absolute Gasteiger partial charge is 0.194 e. The SMILES string of the molecule is C\C=C(/N=C/C(P)=C(\C)C=NCC)C(/C=N/N=C\OC)Cc1ccc2nc(C)sc2c1. The number of thiazole rings is 1. The molecule has 1 heterocycles. The number of rotatable bonds is 10. The van der Waals surface area contributed by atoms with E-state index in [0.717, 1.165) is 40.1 Å². The van der Waals surface area contributed by atoms with E-state index in [4.69, 9.17) is 9.73 Å². The van der Waals surface area contributed by atoms with Crippen LogP contribution in [0, 0.1) is 12.8 Å². The Bertz CT molecular complexity index is 1050. The van der Waals surface area contributed by atoms with Crippen molar-refractivity contribution in [2.24, 2.45) is 26.1 Å². The molecule has 0 radical (unpaired) electrons. The Morgan fingerprint density at radius 2 is 2.10 bits per heavy atom. The van der Waals surface area contributed by atoms with Crippen LogP contribution in [0.2, 0.25) is 0 Å². The Morgan fingerprint density at radius 3 is 2.81 bits per heavy atom. The molecule has 1 aromatic carbocycles. The second kappa shape index (κ2) is 13.0. The van der Waals surface area contributed by atoms with Crippen molar-refractivity contribution in [3.8, 4) is 0 Å². The lowest BCUT2D eigenvalue weighted by atomic mass is 9.97. The zero-order chi connectivity index (χ0) is 22.6. The first-order valence-electron chi connectivity index (χ1n) is 10.1. The summed E-state index contributed by atoms with van der Waals surface area (Å²) < 4.78 is 6.03. The van der Waals surface area contributed by atoms with Crippen LogP contribution in [0.25, 0.3) is 10.2 Å². The molecule has 164 valence electrons. The first-order valence-corrected chi connectivity index (χ1v) is 11.5. The van der Waals surface area contributed by atoms with E-state index in [9.17, 15) is 0 Å². The zero-order valence-electron chi connectivity index (χ0n) is 18.7. The summed E-state index contributed by atoms with van der Waals surface area (Å²) in [5, 5.41) is 10.1. The third-order valence-electron chi connectivity index (χ3n) is 4.43. The van der Waals surface area contributed by atoms with Gasteiger partial charge in [0.2, 0.25) is 0 Å². The second-order valence-corrected chi connectivity index (χ2v) is 8.66. The van der Waals surface area contributed by atoms with Crippen LogP contribution in [-0.4, -0.2) is 43.7 Å². The van der Waals surface area contributed by atoms with Gasteiger partial charge in [0.1, 0.15) is 0 Å². The fourth-order valence-electron chi connectivity index (χ4n) is 2.83. The van der Waals surface area contributed by atoms with Gasteiger partial charge in [-0.2, -0.15) is 5.10 Å². The molecule has 31 heavy (non-hydrogen) atoms. The van der Waals surface area contributed by atoms with Crippen molar-refractivity contribution in [1.29, 1.82) is 0 Å². The van der Waals surface area contributed by atoms with Gasteiger partial charge in [-0.25, -0.2) is 4.98 Å². The van der Waals surface area contributed by atoms with Gasteiger partial charge in [-0.05, 0) is 62.7 Å². The van der Waals surface area contributed by atoms with Gasteiger partial charge in [-0.1, -0.05) is 12.1 Å².